The molecular formula is C33H58O3Si2. The first kappa shape index (κ1) is 30.3. The maximum Gasteiger partial charge on any atom is 0.250 e. The van der Waals surface area contributed by atoms with Crippen molar-refractivity contribution in [2.24, 2.45) is 23.2 Å². The minimum atomic E-state index is -1.88. The van der Waals surface area contributed by atoms with Crippen LogP contribution >= 0.6 is 0 Å². The lowest BCUT2D eigenvalue weighted by Gasteiger charge is -2.54. The van der Waals surface area contributed by atoms with E-state index in [9.17, 15) is 5.11 Å². The summed E-state index contributed by atoms with van der Waals surface area (Å²) in [6, 6.07) is 7.10. The number of aliphatic hydroxyl groups is 1. The summed E-state index contributed by atoms with van der Waals surface area (Å²) in [5, 5.41) is 10.2. The molecule has 2 fully saturated rings. The number of fused-ring (bicyclic) bond motifs is 5. The molecule has 1 N–H and O–H groups in total. The Hall–Kier alpha value is -0.626. The molecule has 6 atom stereocenters. The van der Waals surface area contributed by atoms with Gasteiger partial charge in [-0.25, -0.2) is 0 Å². The molecular weight excluding hydrogens is 501 g/mol. The fourth-order valence-electron chi connectivity index (χ4n) is 7.59. The second kappa shape index (κ2) is 10.3. The van der Waals surface area contributed by atoms with E-state index in [2.05, 4.69) is 92.9 Å². The Morgan fingerprint density at radius 3 is 2.21 bits per heavy atom. The molecule has 0 bridgehead atoms. The molecule has 1 aromatic rings. The third-order valence-corrected chi connectivity index (χ3v) is 20.8. The Labute approximate surface area is 236 Å². The Morgan fingerprint density at radius 2 is 1.61 bits per heavy atom. The van der Waals surface area contributed by atoms with Gasteiger partial charge in [0.05, 0.1) is 6.10 Å². The number of benzene rings is 1. The molecule has 1 aromatic carbocycles. The average molecular weight is 559 g/mol. The van der Waals surface area contributed by atoms with E-state index in [4.69, 9.17) is 8.85 Å². The van der Waals surface area contributed by atoms with E-state index < -0.39 is 16.6 Å². The van der Waals surface area contributed by atoms with Gasteiger partial charge in [0.2, 0.25) is 8.32 Å². The molecule has 0 unspecified atom stereocenters. The van der Waals surface area contributed by atoms with Crippen molar-refractivity contribution < 1.29 is 14.0 Å². The molecule has 4 rings (SSSR count). The van der Waals surface area contributed by atoms with E-state index in [1.807, 2.05) is 0 Å². The number of rotatable bonds is 7. The molecule has 0 spiro atoms. The van der Waals surface area contributed by atoms with Crippen LogP contribution < -0.4 is 4.43 Å². The fourth-order valence-corrected chi connectivity index (χ4v) is 10.1. The van der Waals surface area contributed by atoms with E-state index in [1.165, 1.54) is 31.2 Å². The molecule has 0 radical (unpaired) electrons. The van der Waals surface area contributed by atoms with Crippen molar-refractivity contribution >= 4 is 16.6 Å². The zero-order valence-electron chi connectivity index (χ0n) is 26.5. The van der Waals surface area contributed by atoms with Gasteiger partial charge in [-0.05, 0) is 134 Å². The third kappa shape index (κ3) is 5.47. The summed E-state index contributed by atoms with van der Waals surface area (Å²) >= 11 is 0. The van der Waals surface area contributed by atoms with Crippen LogP contribution in [0.15, 0.2) is 18.2 Å². The number of aliphatic hydroxyl groups excluding tert-OH is 1. The Kier molecular flexibility index (Phi) is 8.25. The van der Waals surface area contributed by atoms with Crippen LogP contribution in [0.4, 0.5) is 0 Å². The molecule has 0 heterocycles. The van der Waals surface area contributed by atoms with Crippen LogP contribution in [0.1, 0.15) is 104 Å². The van der Waals surface area contributed by atoms with Gasteiger partial charge in [0.1, 0.15) is 5.75 Å². The second-order valence-electron chi connectivity index (χ2n) is 16.3. The van der Waals surface area contributed by atoms with Crippen molar-refractivity contribution in [1.29, 1.82) is 0 Å². The molecule has 0 amide bonds. The van der Waals surface area contributed by atoms with Crippen molar-refractivity contribution in [2.45, 2.75) is 142 Å². The lowest BCUT2D eigenvalue weighted by molar-refractivity contribution is -0.0348. The van der Waals surface area contributed by atoms with Gasteiger partial charge in [0, 0.05) is 6.61 Å². The highest BCUT2D eigenvalue weighted by Gasteiger charge is 2.58. The van der Waals surface area contributed by atoms with Crippen LogP contribution in [0.2, 0.25) is 36.3 Å². The summed E-state index contributed by atoms with van der Waals surface area (Å²) in [5.41, 5.74) is 3.38. The molecule has 38 heavy (non-hydrogen) atoms. The molecule has 3 aliphatic rings. The summed E-state index contributed by atoms with van der Waals surface area (Å²) < 4.78 is 13.9. The fraction of sp³-hybridized carbons (Fsp3) is 0.818. The standard InChI is InChI=1S/C33H58O3Si2/c1-31(2,3)37(8,9)35-25-14-15-26-24(22-25)21-23(13-12-20-34)30-27(26)18-19-33(7)28(30)16-17-29(33)36-38(10,11)32(4,5)6/h14-15,22-23,27-30,34H,12-13,16-21H2,1-11H3/t23-,27-,28+,29+,30-,33+/m1/s1. The smallest absolute Gasteiger partial charge is 0.250 e. The Balaban J connectivity index is 1.63. The van der Waals surface area contributed by atoms with Crippen LogP contribution in [0.5, 0.6) is 5.75 Å². The van der Waals surface area contributed by atoms with E-state index >= 15 is 0 Å². The zero-order chi connectivity index (χ0) is 28.3. The SMILES string of the molecule is CC(C)(C)[Si](C)(C)Oc1ccc2c(c1)C[C@@H](CCCO)[C@@H]1[C@@H]2CC[C@]2(C)[C@@H](O[Si](C)(C)C(C)(C)C)CC[C@@H]12. The predicted octanol–water partition coefficient (Wildman–Crippen LogP) is 9.32. The van der Waals surface area contributed by atoms with Gasteiger partial charge in [-0.2, -0.15) is 0 Å². The molecule has 0 aliphatic heterocycles. The lowest BCUT2D eigenvalue weighted by atomic mass is 9.52. The third-order valence-electron chi connectivity index (χ3n) is 11.9. The molecule has 3 nitrogen and oxygen atoms in total. The number of hydrogen-bond donors (Lipinski definition) is 1. The molecule has 0 saturated heterocycles. The van der Waals surface area contributed by atoms with Crippen LogP contribution in [0, 0.1) is 23.2 Å². The number of hydrogen-bond acceptors (Lipinski definition) is 3. The van der Waals surface area contributed by atoms with E-state index in [0.29, 0.717) is 30.5 Å². The molecule has 3 aliphatic carbocycles. The monoisotopic (exact) mass is 558 g/mol. The van der Waals surface area contributed by atoms with Crippen molar-refractivity contribution in [3.63, 3.8) is 0 Å². The van der Waals surface area contributed by atoms with Gasteiger partial charge in [0.15, 0.2) is 8.32 Å². The lowest BCUT2D eigenvalue weighted by Crippen LogP contribution is -2.51. The summed E-state index contributed by atoms with van der Waals surface area (Å²) in [4.78, 5) is 0. The van der Waals surface area contributed by atoms with Crippen molar-refractivity contribution in [3.8, 4) is 5.75 Å². The summed E-state index contributed by atoms with van der Waals surface area (Å²) in [5.74, 6) is 3.76. The minimum Gasteiger partial charge on any atom is -0.543 e. The summed E-state index contributed by atoms with van der Waals surface area (Å²) in [6.45, 7) is 26.5. The first-order valence-electron chi connectivity index (χ1n) is 15.5. The van der Waals surface area contributed by atoms with Crippen LogP contribution in [0.3, 0.4) is 0 Å². The van der Waals surface area contributed by atoms with Crippen LogP contribution in [0.25, 0.3) is 0 Å². The van der Waals surface area contributed by atoms with Gasteiger partial charge >= 0.3 is 0 Å². The normalized spacial score (nSPS) is 31.9. The van der Waals surface area contributed by atoms with Crippen molar-refractivity contribution in [1.82, 2.24) is 0 Å². The minimum absolute atomic E-state index is 0.191. The second-order valence-corrected chi connectivity index (χ2v) is 25.8. The highest BCUT2D eigenvalue weighted by molar-refractivity contribution is 6.75. The van der Waals surface area contributed by atoms with Gasteiger partial charge in [-0.15, -0.1) is 0 Å². The van der Waals surface area contributed by atoms with Crippen LogP contribution in [-0.4, -0.2) is 34.5 Å². The quantitative estimate of drug-likeness (QED) is 0.339. The van der Waals surface area contributed by atoms with E-state index in [1.54, 1.807) is 5.56 Å². The molecule has 216 valence electrons. The first-order valence-corrected chi connectivity index (χ1v) is 21.3. The molecule has 5 heteroatoms. The van der Waals surface area contributed by atoms with Gasteiger partial charge in [0.25, 0.3) is 0 Å². The highest BCUT2D eigenvalue weighted by Crippen LogP contribution is 2.64. The van der Waals surface area contributed by atoms with Crippen molar-refractivity contribution in [2.75, 3.05) is 6.61 Å². The molecule has 0 aromatic heterocycles. The van der Waals surface area contributed by atoms with E-state index in [0.717, 1.165) is 30.9 Å². The van der Waals surface area contributed by atoms with Crippen molar-refractivity contribution in [3.05, 3.63) is 29.3 Å². The van der Waals surface area contributed by atoms with E-state index in [-0.39, 0.29) is 15.5 Å². The summed E-state index contributed by atoms with van der Waals surface area (Å²) in [7, 11) is -3.69. The Bertz CT molecular complexity index is 989. The van der Waals surface area contributed by atoms with Gasteiger partial charge < -0.3 is 14.0 Å². The topological polar surface area (TPSA) is 38.7 Å². The summed E-state index contributed by atoms with van der Waals surface area (Å²) in [6.07, 6.45) is 8.62. The average Bonchev–Trinajstić information content (AvgIpc) is 3.10. The predicted molar refractivity (Wildman–Crippen MR) is 166 cm³/mol. The highest BCUT2D eigenvalue weighted by atomic mass is 28.4. The zero-order valence-corrected chi connectivity index (χ0v) is 28.5. The first-order chi connectivity index (χ1) is 17.4. The van der Waals surface area contributed by atoms with Crippen LogP contribution in [-0.2, 0) is 10.8 Å². The van der Waals surface area contributed by atoms with Gasteiger partial charge in [-0.3, -0.25) is 0 Å². The maximum atomic E-state index is 9.79. The van der Waals surface area contributed by atoms with Gasteiger partial charge in [-0.1, -0.05) is 54.5 Å². The largest absolute Gasteiger partial charge is 0.543 e. The maximum absolute atomic E-state index is 9.79. The Morgan fingerprint density at radius 1 is 0.947 bits per heavy atom. The molecule has 2 saturated carbocycles.